The number of piperazine rings is 1. The summed E-state index contributed by atoms with van der Waals surface area (Å²) >= 11 is 0. The number of hydrogen-bond donors (Lipinski definition) is 0. The summed E-state index contributed by atoms with van der Waals surface area (Å²) in [5.74, 6) is 2.32. The van der Waals surface area contributed by atoms with Gasteiger partial charge in [-0.05, 0) is 54.6 Å². The van der Waals surface area contributed by atoms with Crippen molar-refractivity contribution in [3.63, 3.8) is 0 Å². The van der Waals surface area contributed by atoms with Crippen molar-refractivity contribution in [3.8, 4) is 17.3 Å². The van der Waals surface area contributed by atoms with Crippen LogP contribution in [-0.2, 0) is 0 Å². The van der Waals surface area contributed by atoms with E-state index >= 15 is 0 Å². The molecule has 8 heteroatoms. The Morgan fingerprint density at radius 1 is 0.818 bits per heavy atom. The Kier molecular flexibility index (Phi) is 5.72. The number of hydrogen-bond acceptors (Lipinski definition) is 5. The highest BCUT2D eigenvalue weighted by molar-refractivity contribution is 5.94. The van der Waals surface area contributed by atoms with Gasteiger partial charge in [-0.15, -0.1) is 0 Å². The maximum absolute atomic E-state index is 13.1. The van der Waals surface area contributed by atoms with Gasteiger partial charge >= 0.3 is 0 Å². The van der Waals surface area contributed by atoms with E-state index in [2.05, 4.69) is 14.9 Å². The van der Waals surface area contributed by atoms with Crippen molar-refractivity contribution in [3.05, 3.63) is 96.8 Å². The molecule has 0 atom stereocenters. The highest BCUT2D eigenvalue weighted by Gasteiger charge is 2.23. The number of aromatic nitrogens is 3. The van der Waals surface area contributed by atoms with Gasteiger partial charge in [0.2, 0.25) is 0 Å². The molecule has 1 saturated heterocycles. The molecular weight excluding hydrogens is 421 g/mol. The van der Waals surface area contributed by atoms with E-state index in [1.807, 2.05) is 40.1 Å². The molecular formula is C25H22FN5O2. The summed E-state index contributed by atoms with van der Waals surface area (Å²) in [6.45, 7) is 2.54. The van der Waals surface area contributed by atoms with Crippen molar-refractivity contribution in [2.75, 3.05) is 31.1 Å². The van der Waals surface area contributed by atoms with Crippen molar-refractivity contribution >= 4 is 11.7 Å². The summed E-state index contributed by atoms with van der Waals surface area (Å²) < 4.78 is 20.8. The second-order valence-electron chi connectivity index (χ2n) is 7.69. The highest BCUT2D eigenvalue weighted by Crippen LogP contribution is 2.24. The second-order valence-corrected chi connectivity index (χ2v) is 7.69. The Bertz CT molecular complexity index is 1240. The third kappa shape index (κ3) is 4.69. The van der Waals surface area contributed by atoms with Gasteiger partial charge in [0.15, 0.2) is 0 Å². The van der Waals surface area contributed by atoms with E-state index in [4.69, 9.17) is 4.74 Å². The Morgan fingerprint density at radius 3 is 2.30 bits per heavy atom. The molecule has 0 bridgehead atoms. The third-order valence-electron chi connectivity index (χ3n) is 5.53. The van der Waals surface area contributed by atoms with E-state index in [1.54, 1.807) is 42.7 Å². The van der Waals surface area contributed by atoms with Crippen molar-refractivity contribution in [1.82, 2.24) is 19.4 Å². The lowest BCUT2D eigenvalue weighted by atomic mass is 10.1. The fourth-order valence-corrected chi connectivity index (χ4v) is 3.79. The fourth-order valence-electron chi connectivity index (χ4n) is 3.79. The molecule has 1 amide bonds. The molecule has 4 aromatic rings. The van der Waals surface area contributed by atoms with Crippen molar-refractivity contribution < 1.29 is 13.9 Å². The number of carbonyl (C=O) groups is 1. The smallest absolute Gasteiger partial charge is 0.254 e. The number of rotatable bonds is 5. The fraction of sp³-hybridized carbons (Fsp3) is 0.160. The summed E-state index contributed by atoms with van der Waals surface area (Å²) in [4.78, 5) is 25.8. The summed E-state index contributed by atoms with van der Waals surface area (Å²) in [6.07, 6.45) is 5.45. The zero-order chi connectivity index (χ0) is 22.6. The van der Waals surface area contributed by atoms with Crippen LogP contribution in [0.4, 0.5) is 10.2 Å². The molecule has 1 aliphatic heterocycles. The minimum absolute atomic E-state index is 0.0464. The summed E-state index contributed by atoms with van der Waals surface area (Å²) in [6, 6.07) is 18.7. The Hall–Kier alpha value is -4.20. The molecule has 0 unspecified atom stereocenters. The lowest BCUT2D eigenvalue weighted by molar-refractivity contribution is 0.0746. The minimum atomic E-state index is -0.326. The molecule has 33 heavy (non-hydrogen) atoms. The van der Waals surface area contributed by atoms with Gasteiger partial charge in [0.1, 0.15) is 35.3 Å². The molecule has 166 valence electrons. The Balaban J connectivity index is 1.23. The molecule has 1 fully saturated rings. The lowest BCUT2D eigenvalue weighted by Crippen LogP contribution is -2.49. The minimum Gasteiger partial charge on any atom is -0.457 e. The number of benzene rings is 2. The monoisotopic (exact) mass is 443 g/mol. The van der Waals surface area contributed by atoms with Crippen LogP contribution < -0.4 is 9.64 Å². The molecule has 0 saturated carbocycles. The van der Waals surface area contributed by atoms with Gasteiger partial charge in [-0.25, -0.2) is 14.4 Å². The van der Waals surface area contributed by atoms with Gasteiger partial charge in [0, 0.05) is 50.2 Å². The Labute approximate surface area is 190 Å². The van der Waals surface area contributed by atoms with Crippen LogP contribution in [0.1, 0.15) is 10.4 Å². The van der Waals surface area contributed by atoms with Gasteiger partial charge in [0.25, 0.3) is 5.91 Å². The molecule has 0 aliphatic carbocycles. The van der Waals surface area contributed by atoms with Crippen molar-refractivity contribution in [1.29, 1.82) is 0 Å². The Morgan fingerprint density at radius 2 is 1.55 bits per heavy atom. The van der Waals surface area contributed by atoms with Gasteiger partial charge in [-0.2, -0.15) is 0 Å². The molecule has 3 heterocycles. The largest absolute Gasteiger partial charge is 0.457 e. The maximum Gasteiger partial charge on any atom is 0.254 e. The predicted octanol–water partition coefficient (Wildman–Crippen LogP) is 4.16. The SMILES string of the molecule is O=C(c1cccc(Oc2ccc(F)cc2)c1)N1CCN(c2cc(-n3cccc3)ncn2)CC1. The quantitative estimate of drug-likeness (QED) is 0.464. The van der Waals surface area contributed by atoms with E-state index in [-0.39, 0.29) is 11.7 Å². The molecule has 5 rings (SSSR count). The number of carbonyl (C=O) groups excluding carboxylic acids is 1. The topological polar surface area (TPSA) is 63.5 Å². The van der Waals surface area contributed by atoms with Crippen molar-refractivity contribution in [2.24, 2.45) is 0 Å². The molecule has 0 spiro atoms. The van der Waals surface area contributed by atoms with Crippen LogP contribution in [0.25, 0.3) is 5.82 Å². The highest BCUT2D eigenvalue weighted by atomic mass is 19.1. The normalized spacial score (nSPS) is 13.7. The van der Waals surface area contributed by atoms with E-state index in [9.17, 15) is 9.18 Å². The van der Waals surface area contributed by atoms with Gasteiger partial charge in [-0.3, -0.25) is 4.79 Å². The van der Waals surface area contributed by atoms with E-state index in [1.165, 1.54) is 12.1 Å². The van der Waals surface area contributed by atoms with E-state index < -0.39 is 0 Å². The molecule has 2 aromatic carbocycles. The first-order valence-corrected chi connectivity index (χ1v) is 10.7. The first kappa shape index (κ1) is 20.7. The summed E-state index contributed by atoms with van der Waals surface area (Å²) in [5.41, 5.74) is 0.556. The molecule has 0 N–H and O–H groups in total. The molecule has 0 radical (unpaired) electrons. The van der Waals surface area contributed by atoms with E-state index in [0.717, 1.165) is 11.6 Å². The summed E-state index contributed by atoms with van der Waals surface area (Å²) in [5, 5.41) is 0. The average Bonchev–Trinajstić information content (AvgIpc) is 3.41. The molecule has 7 nitrogen and oxygen atoms in total. The van der Waals surface area contributed by atoms with Crippen LogP contribution >= 0.6 is 0 Å². The standard InChI is InChI=1S/C25H22FN5O2/c26-20-6-8-21(9-7-20)33-22-5-3-4-19(16-22)25(32)31-14-12-30(13-15-31)24-17-23(27-18-28-24)29-10-1-2-11-29/h1-11,16-18H,12-15H2. The number of halogens is 1. The van der Waals surface area contributed by atoms with Gasteiger partial charge < -0.3 is 19.1 Å². The average molecular weight is 443 g/mol. The van der Waals surface area contributed by atoms with Gasteiger partial charge in [-0.1, -0.05) is 6.07 Å². The first-order chi connectivity index (χ1) is 16.2. The zero-order valence-electron chi connectivity index (χ0n) is 17.8. The molecule has 1 aliphatic rings. The second kappa shape index (κ2) is 9.12. The molecule has 2 aromatic heterocycles. The first-order valence-electron chi connectivity index (χ1n) is 10.7. The van der Waals surface area contributed by atoms with Crippen LogP contribution in [0.15, 0.2) is 85.5 Å². The van der Waals surface area contributed by atoms with Crippen LogP contribution in [0, 0.1) is 5.82 Å². The summed E-state index contributed by atoms with van der Waals surface area (Å²) in [7, 11) is 0. The van der Waals surface area contributed by atoms with E-state index in [0.29, 0.717) is 43.2 Å². The number of anilines is 1. The number of nitrogens with zero attached hydrogens (tertiary/aromatic N) is 5. The van der Waals surface area contributed by atoms with Crippen LogP contribution in [0.3, 0.4) is 0 Å². The number of amides is 1. The van der Waals surface area contributed by atoms with Crippen LogP contribution in [0.5, 0.6) is 11.5 Å². The van der Waals surface area contributed by atoms with Crippen LogP contribution in [0.2, 0.25) is 0 Å². The van der Waals surface area contributed by atoms with Crippen molar-refractivity contribution in [2.45, 2.75) is 0 Å². The predicted molar refractivity (Wildman–Crippen MR) is 122 cm³/mol. The maximum atomic E-state index is 13.1. The zero-order valence-corrected chi connectivity index (χ0v) is 17.8. The lowest BCUT2D eigenvalue weighted by Gasteiger charge is -2.35. The number of ether oxygens (including phenoxy) is 1. The third-order valence-corrected chi connectivity index (χ3v) is 5.53. The van der Waals surface area contributed by atoms with Gasteiger partial charge in [0.05, 0.1) is 0 Å². The van der Waals surface area contributed by atoms with Crippen LogP contribution in [-0.4, -0.2) is 51.5 Å².